The molecule has 0 aliphatic carbocycles. The Morgan fingerprint density at radius 3 is 2.88 bits per heavy atom. The minimum Gasteiger partial charge on any atom is -0.321 e. The third kappa shape index (κ3) is 2.97. The van der Waals surface area contributed by atoms with E-state index in [2.05, 4.69) is 26.6 Å². The summed E-state index contributed by atoms with van der Waals surface area (Å²) in [5, 5.41) is 5.41. The van der Waals surface area contributed by atoms with Crippen LogP contribution in [0, 0.1) is 11.6 Å². The number of thioether (sulfide) groups is 1. The summed E-state index contributed by atoms with van der Waals surface area (Å²) in [6.07, 6.45) is 0. The summed E-state index contributed by atoms with van der Waals surface area (Å²) in [5.41, 5.74) is -0.0323. The Balaban J connectivity index is 2.15. The van der Waals surface area contributed by atoms with Crippen LogP contribution in [-0.4, -0.2) is 23.6 Å². The van der Waals surface area contributed by atoms with Gasteiger partial charge in [-0.3, -0.25) is 10.1 Å². The molecule has 0 saturated carbocycles. The minimum atomic E-state index is -0.795. The SMILES string of the molecule is O=C(Nc1c(F)cc(F)cc1Br)C1CSCN1. The second kappa shape index (κ2) is 5.32. The molecule has 1 unspecified atom stereocenters. The molecule has 7 heteroatoms. The van der Waals surface area contributed by atoms with Crippen molar-refractivity contribution in [1.29, 1.82) is 0 Å². The topological polar surface area (TPSA) is 41.1 Å². The molecule has 1 aromatic rings. The average Bonchev–Trinajstić information content (AvgIpc) is 2.76. The predicted molar refractivity (Wildman–Crippen MR) is 66.9 cm³/mol. The number of amides is 1. The van der Waals surface area contributed by atoms with Crippen LogP contribution in [0.2, 0.25) is 0 Å². The Morgan fingerprint density at radius 1 is 1.53 bits per heavy atom. The van der Waals surface area contributed by atoms with E-state index in [1.165, 1.54) is 0 Å². The van der Waals surface area contributed by atoms with Crippen molar-refractivity contribution in [3.8, 4) is 0 Å². The molecule has 2 rings (SSSR count). The number of carbonyl (C=O) groups excluding carboxylic acids is 1. The van der Waals surface area contributed by atoms with Gasteiger partial charge in [0.25, 0.3) is 0 Å². The van der Waals surface area contributed by atoms with E-state index in [-0.39, 0.29) is 22.1 Å². The Labute approximate surface area is 109 Å². The van der Waals surface area contributed by atoms with E-state index < -0.39 is 11.6 Å². The first-order chi connectivity index (χ1) is 8.08. The zero-order valence-electron chi connectivity index (χ0n) is 8.60. The van der Waals surface area contributed by atoms with Crippen LogP contribution in [0.5, 0.6) is 0 Å². The zero-order valence-corrected chi connectivity index (χ0v) is 11.0. The van der Waals surface area contributed by atoms with Crippen molar-refractivity contribution >= 4 is 39.3 Å². The van der Waals surface area contributed by atoms with E-state index in [1.54, 1.807) is 11.8 Å². The van der Waals surface area contributed by atoms with Crippen molar-refractivity contribution in [1.82, 2.24) is 5.32 Å². The molecule has 1 saturated heterocycles. The van der Waals surface area contributed by atoms with Crippen molar-refractivity contribution in [2.45, 2.75) is 6.04 Å². The minimum absolute atomic E-state index is 0.0323. The number of anilines is 1. The maximum atomic E-state index is 13.4. The summed E-state index contributed by atoms with van der Waals surface area (Å²) in [5.74, 6) is -0.462. The standard InChI is InChI=1S/C10H9BrF2N2OS/c11-6-1-5(12)2-7(13)9(6)15-10(16)8-3-17-4-14-8/h1-2,8,14H,3-4H2,(H,15,16). The third-order valence-corrected chi connectivity index (χ3v) is 3.85. The Hall–Kier alpha value is -0.660. The quantitative estimate of drug-likeness (QED) is 0.878. The van der Waals surface area contributed by atoms with Gasteiger partial charge in [-0.15, -0.1) is 11.8 Å². The smallest absolute Gasteiger partial charge is 0.242 e. The number of hydrogen-bond acceptors (Lipinski definition) is 3. The summed E-state index contributed by atoms with van der Waals surface area (Å²) in [7, 11) is 0. The van der Waals surface area contributed by atoms with Crippen LogP contribution in [0.4, 0.5) is 14.5 Å². The summed E-state index contributed by atoms with van der Waals surface area (Å²) in [6.45, 7) is 0. The first-order valence-corrected chi connectivity index (χ1v) is 6.79. The molecule has 92 valence electrons. The lowest BCUT2D eigenvalue weighted by atomic mass is 10.2. The van der Waals surface area contributed by atoms with E-state index in [0.29, 0.717) is 11.6 Å². The molecule has 1 aliphatic rings. The number of rotatable bonds is 2. The first-order valence-electron chi connectivity index (χ1n) is 4.84. The number of hydrogen-bond donors (Lipinski definition) is 2. The predicted octanol–water partition coefficient (Wildman–Crippen LogP) is 2.33. The number of benzene rings is 1. The number of nitrogens with one attached hydrogen (secondary N) is 2. The van der Waals surface area contributed by atoms with Gasteiger partial charge in [-0.25, -0.2) is 8.78 Å². The van der Waals surface area contributed by atoms with Crippen LogP contribution in [0.3, 0.4) is 0 Å². The molecule has 1 atom stereocenters. The second-order valence-corrected chi connectivity index (χ2v) is 5.39. The molecule has 1 amide bonds. The molecule has 3 nitrogen and oxygen atoms in total. The van der Waals surface area contributed by atoms with Crippen LogP contribution in [0.1, 0.15) is 0 Å². The third-order valence-electron chi connectivity index (χ3n) is 2.29. The highest BCUT2D eigenvalue weighted by atomic mass is 79.9. The second-order valence-electron chi connectivity index (χ2n) is 3.51. The summed E-state index contributed by atoms with van der Waals surface area (Å²) < 4.78 is 26.5. The van der Waals surface area contributed by atoms with Gasteiger partial charge in [0, 0.05) is 22.2 Å². The van der Waals surface area contributed by atoms with Gasteiger partial charge in [0.05, 0.1) is 11.7 Å². The van der Waals surface area contributed by atoms with Crippen LogP contribution < -0.4 is 10.6 Å². The van der Waals surface area contributed by atoms with Crippen molar-refractivity contribution in [2.24, 2.45) is 0 Å². The molecule has 0 spiro atoms. The Morgan fingerprint density at radius 2 is 2.29 bits per heavy atom. The first kappa shape index (κ1) is 12.8. The van der Waals surface area contributed by atoms with Crippen molar-refractivity contribution in [3.63, 3.8) is 0 Å². The average molecular weight is 323 g/mol. The molecule has 1 aromatic carbocycles. The van der Waals surface area contributed by atoms with Gasteiger partial charge in [-0.05, 0) is 22.0 Å². The highest BCUT2D eigenvalue weighted by molar-refractivity contribution is 9.10. The summed E-state index contributed by atoms with van der Waals surface area (Å²) >= 11 is 4.61. The van der Waals surface area contributed by atoms with Crippen LogP contribution in [0.25, 0.3) is 0 Å². The van der Waals surface area contributed by atoms with Crippen molar-refractivity contribution in [3.05, 3.63) is 28.2 Å². The lowest BCUT2D eigenvalue weighted by Crippen LogP contribution is -2.37. The van der Waals surface area contributed by atoms with Gasteiger partial charge in [-0.2, -0.15) is 0 Å². The van der Waals surface area contributed by atoms with Gasteiger partial charge < -0.3 is 5.32 Å². The fourth-order valence-corrected chi connectivity index (χ4v) is 2.88. The Bertz CT molecular complexity index is 429. The van der Waals surface area contributed by atoms with Gasteiger partial charge in [0.2, 0.25) is 5.91 Å². The number of halogens is 3. The van der Waals surface area contributed by atoms with Crippen LogP contribution >= 0.6 is 27.7 Å². The van der Waals surface area contributed by atoms with Gasteiger partial charge in [-0.1, -0.05) is 0 Å². The van der Waals surface area contributed by atoms with Gasteiger partial charge in [0.15, 0.2) is 5.82 Å². The fourth-order valence-electron chi connectivity index (χ4n) is 1.44. The molecule has 0 radical (unpaired) electrons. The maximum Gasteiger partial charge on any atom is 0.242 e. The largest absolute Gasteiger partial charge is 0.321 e. The monoisotopic (exact) mass is 322 g/mol. The molecule has 17 heavy (non-hydrogen) atoms. The summed E-state index contributed by atoms with van der Waals surface area (Å²) in [6, 6.07) is 1.50. The van der Waals surface area contributed by atoms with Gasteiger partial charge in [0.1, 0.15) is 5.82 Å². The van der Waals surface area contributed by atoms with E-state index in [0.717, 1.165) is 12.1 Å². The van der Waals surface area contributed by atoms with Crippen molar-refractivity contribution in [2.75, 3.05) is 16.9 Å². The molecule has 0 bridgehead atoms. The lowest BCUT2D eigenvalue weighted by Gasteiger charge is -2.12. The molecule has 1 aliphatic heterocycles. The number of carbonyl (C=O) groups is 1. The molecular formula is C10H9BrF2N2OS. The van der Waals surface area contributed by atoms with Crippen molar-refractivity contribution < 1.29 is 13.6 Å². The van der Waals surface area contributed by atoms with E-state index in [9.17, 15) is 13.6 Å². The lowest BCUT2D eigenvalue weighted by molar-refractivity contribution is -0.117. The van der Waals surface area contributed by atoms with E-state index in [1.807, 2.05) is 0 Å². The van der Waals surface area contributed by atoms with Crippen LogP contribution in [0.15, 0.2) is 16.6 Å². The summed E-state index contributed by atoms with van der Waals surface area (Å²) in [4.78, 5) is 11.7. The van der Waals surface area contributed by atoms with E-state index in [4.69, 9.17) is 0 Å². The van der Waals surface area contributed by atoms with Gasteiger partial charge >= 0.3 is 0 Å². The Kier molecular flexibility index (Phi) is 4.01. The fraction of sp³-hybridized carbons (Fsp3) is 0.300. The zero-order chi connectivity index (χ0) is 12.4. The van der Waals surface area contributed by atoms with Crippen LogP contribution in [-0.2, 0) is 4.79 Å². The molecule has 1 fully saturated rings. The maximum absolute atomic E-state index is 13.4. The molecular weight excluding hydrogens is 314 g/mol. The van der Waals surface area contributed by atoms with E-state index >= 15 is 0 Å². The molecule has 2 N–H and O–H groups in total. The highest BCUT2D eigenvalue weighted by Gasteiger charge is 2.24. The normalized spacial score (nSPS) is 19.4. The molecule has 1 heterocycles. The molecule has 0 aromatic heterocycles. The highest BCUT2D eigenvalue weighted by Crippen LogP contribution is 2.27.